The number of hydrogen-bond donors (Lipinski definition) is 3. The molecule has 234 valence electrons. The molecule has 1 fully saturated rings. The van der Waals surface area contributed by atoms with E-state index in [0.717, 1.165) is 18.7 Å². The van der Waals surface area contributed by atoms with Crippen LogP contribution in [0.25, 0.3) is 11.0 Å². The van der Waals surface area contributed by atoms with Gasteiger partial charge < -0.3 is 30.4 Å². The first-order chi connectivity index (χ1) is 19.4. The highest BCUT2D eigenvalue weighted by Crippen LogP contribution is 2.33. The fourth-order valence-electron chi connectivity index (χ4n) is 3.40. The summed E-state index contributed by atoms with van der Waals surface area (Å²) in [4.78, 5) is 30.4. The maximum atomic E-state index is 12.8. The number of halogens is 6. The van der Waals surface area contributed by atoms with Gasteiger partial charge in [0, 0.05) is 27.2 Å². The van der Waals surface area contributed by atoms with Gasteiger partial charge in [0.25, 0.3) is 5.91 Å². The van der Waals surface area contributed by atoms with Crippen molar-refractivity contribution in [1.29, 1.82) is 0 Å². The number of H-pyrrole nitrogens is 1. The van der Waals surface area contributed by atoms with Gasteiger partial charge in [-0.15, -0.1) is 0 Å². The van der Waals surface area contributed by atoms with E-state index < -0.39 is 42.5 Å². The van der Waals surface area contributed by atoms with Gasteiger partial charge in [0.2, 0.25) is 0 Å². The van der Waals surface area contributed by atoms with E-state index in [1.54, 1.807) is 39.3 Å². The van der Waals surface area contributed by atoms with E-state index in [4.69, 9.17) is 10.5 Å². The number of aryl methyl sites for hydroxylation is 1. The molecule has 1 aliphatic rings. The number of benzene rings is 1. The Hall–Kier alpha value is -3.93. The molecular weight excluding hydrogens is 580 g/mol. The molecule has 18 heteroatoms. The van der Waals surface area contributed by atoms with Gasteiger partial charge in [-0.2, -0.15) is 26.3 Å². The Balaban J connectivity index is 0.000000429. The smallest absolute Gasteiger partial charge is 0.388 e. The number of methoxy groups -OCH3 is 1. The zero-order valence-corrected chi connectivity index (χ0v) is 23.3. The zero-order chi connectivity index (χ0) is 31.9. The monoisotopic (exact) mass is 611 g/mol. The Morgan fingerprint density at radius 1 is 1.17 bits per heavy atom. The van der Waals surface area contributed by atoms with Crippen molar-refractivity contribution < 1.29 is 50.0 Å². The molecule has 4 rings (SSSR count). The minimum atomic E-state index is -4.52. The number of imidazole rings is 1. The van der Waals surface area contributed by atoms with Gasteiger partial charge in [0.05, 0.1) is 24.2 Å². The first-order valence-electron chi connectivity index (χ1n) is 12.2. The molecule has 3 aromatic rings. The topological polar surface area (TPSA) is 161 Å². The molecule has 3 amide bonds. The second kappa shape index (κ2) is 13.8. The third-order valence-electron chi connectivity index (χ3n) is 5.72. The lowest BCUT2D eigenvalue weighted by Gasteiger charge is -2.27. The number of nitrogens with two attached hydrogens (primary N) is 1. The SMILES string of the molecule is CC(C)(OCCc1nc2ccc(CN3CC(C(F)(F)F)NC3=O)cc2[nH]1)C(F)(F)F.COC.Cc1nonc1C(N)=O. The quantitative estimate of drug-likeness (QED) is 0.341. The third kappa shape index (κ3) is 9.30. The molecule has 1 unspecified atom stereocenters. The van der Waals surface area contributed by atoms with E-state index in [1.165, 1.54) is 0 Å². The second-order valence-corrected chi connectivity index (χ2v) is 9.54. The highest BCUT2D eigenvalue weighted by atomic mass is 19.4. The first kappa shape index (κ1) is 34.3. The molecule has 12 nitrogen and oxygen atoms in total. The number of aromatic amines is 1. The minimum Gasteiger partial charge on any atom is -0.388 e. The lowest BCUT2D eigenvalue weighted by Crippen LogP contribution is -2.42. The number of urea groups is 1. The summed E-state index contributed by atoms with van der Waals surface area (Å²) in [5.74, 6) is -0.204. The maximum Gasteiger partial charge on any atom is 0.416 e. The van der Waals surface area contributed by atoms with Crippen LogP contribution < -0.4 is 11.1 Å². The summed E-state index contributed by atoms with van der Waals surface area (Å²) < 4.78 is 90.1. The van der Waals surface area contributed by atoms with Gasteiger partial charge in [-0.25, -0.2) is 14.4 Å². The fourth-order valence-corrected chi connectivity index (χ4v) is 3.40. The van der Waals surface area contributed by atoms with Crippen molar-refractivity contribution in [2.75, 3.05) is 27.4 Å². The number of carbonyl (C=O) groups is 2. The number of nitrogens with one attached hydrogen (secondary N) is 2. The Morgan fingerprint density at radius 2 is 1.81 bits per heavy atom. The Kier molecular flexibility index (Phi) is 11.3. The third-order valence-corrected chi connectivity index (χ3v) is 5.72. The average Bonchev–Trinajstić information content (AvgIpc) is 3.57. The summed E-state index contributed by atoms with van der Waals surface area (Å²) >= 11 is 0. The number of nitrogens with zero attached hydrogens (tertiary/aromatic N) is 4. The first-order valence-corrected chi connectivity index (χ1v) is 12.2. The molecule has 2 aromatic heterocycles. The fraction of sp³-hybridized carbons (Fsp3) is 0.542. The van der Waals surface area contributed by atoms with Crippen LogP contribution in [0.1, 0.15) is 41.4 Å². The molecule has 1 aromatic carbocycles. The number of carbonyl (C=O) groups excluding carboxylic acids is 2. The van der Waals surface area contributed by atoms with E-state index in [2.05, 4.69) is 29.6 Å². The summed E-state index contributed by atoms with van der Waals surface area (Å²) in [6.45, 7) is 2.76. The molecule has 0 saturated carbocycles. The molecule has 0 radical (unpaired) electrons. The van der Waals surface area contributed by atoms with Gasteiger partial charge >= 0.3 is 18.4 Å². The molecule has 1 saturated heterocycles. The van der Waals surface area contributed by atoms with Crippen LogP contribution in [-0.2, 0) is 22.4 Å². The van der Waals surface area contributed by atoms with Crippen LogP contribution >= 0.6 is 0 Å². The van der Waals surface area contributed by atoms with Crippen LogP contribution in [0.3, 0.4) is 0 Å². The van der Waals surface area contributed by atoms with Crippen molar-refractivity contribution in [2.24, 2.45) is 5.73 Å². The zero-order valence-electron chi connectivity index (χ0n) is 23.3. The lowest BCUT2D eigenvalue weighted by atomic mass is 10.1. The molecule has 0 bridgehead atoms. The largest absolute Gasteiger partial charge is 0.416 e. The van der Waals surface area contributed by atoms with Crippen LogP contribution in [0.5, 0.6) is 0 Å². The summed E-state index contributed by atoms with van der Waals surface area (Å²) in [6, 6.07) is 2.19. The van der Waals surface area contributed by atoms with E-state index in [9.17, 15) is 35.9 Å². The van der Waals surface area contributed by atoms with Crippen LogP contribution in [0.15, 0.2) is 22.8 Å². The number of alkyl halides is 6. The highest BCUT2D eigenvalue weighted by Gasteiger charge is 2.48. The van der Waals surface area contributed by atoms with Crippen LogP contribution in [0, 0.1) is 6.92 Å². The van der Waals surface area contributed by atoms with E-state index in [0.29, 0.717) is 28.1 Å². The number of amides is 3. The van der Waals surface area contributed by atoms with Gasteiger partial charge in [-0.05, 0) is 43.6 Å². The molecule has 1 aliphatic heterocycles. The predicted octanol–water partition coefficient (Wildman–Crippen LogP) is 3.66. The van der Waals surface area contributed by atoms with E-state index >= 15 is 0 Å². The van der Waals surface area contributed by atoms with Crippen LogP contribution in [0.4, 0.5) is 31.1 Å². The number of primary amides is 1. The van der Waals surface area contributed by atoms with Crippen LogP contribution in [0.2, 0.25) is 0 Å². The molecule has 0 aliphatic carbocycles. The van der Waals surface area contributed by atoms with Crippen molar-refractivity contribution in [2.45, 2.75) is 57.7 Å². The van der Waals surface area contributed by atoms with Gasteiger partial charge in [-0.1, -0.05) is 11.2 Å². The molecule has 1 atom stereocenters. The number of hydrogen-bond acceptors (Lipinski definition) is 8. The highest BCUT2D eigenvalue weighted by molar-refractivity contribution is 5.91. The Bertz CT molecular complexity index is 1340. The number of fused-ring (bicyclic) bond motifs is 1. The van der Waals surface area contributed by atoms with Crippen LogP contribution in [-0.4, -0.2) is 88.5 Å². The Labute approximate surface area is 235 Å². The van der Waals surface area contributed by atoms with Crippen molar-refractivity contribution in [3.05, 3.63) is 41.0 Å². The normalized spacial score (nSPS) is 15.5. The molecule has 0 spiro atoms. The van der Waals surface area contributed by atoms with Crippen molar-refractivity contribution in [1.82, 2.24) is 30.5 Å². The predicted molar refractivity (Wildman–Crippen MR) is 135 cm³/mol. The Morgan fingerprint density at radius 3 is 2.29 bits per heavy atom. The molecule has 4 N–H and O–H groups in total. The summed E-state index contributed by atoms with van der Waals surface area (Å²) in [7, 11) is 3.25. The summed E-state index contributed by atoms with van der Waals surface area (Å²) in [6.07, 6.45) is -8.90. The van der Waals surface area contributed by atoms with Crippen molar-refractivity contribution in [3.8, 4) is 0 Å². The van der Waals surface area contributed by atoms with Gasteiger partial charge in [0.1, 0.15) is 17.6 Å². The lowest BCUT2D eigenvalue weighted by molar-refractivity contribution is -0.263. The summed E-state index contributed by atoms with van der Waals surface area (Å²) in [5.41, 5.74) is 4.78. The van der Waals surface area contributed by atoms with E-state index in [1.807, 2.05) is 5.32 Å². The van der Waals surface area contributed by atoms with E-state index in [-0.39, 0.29) is 25.3 Å². The standard InChI is InChI=1S/C18H20F6N4O2.C4H5N3O2.C2H6O/c1-16(2,18(22,23)24)30-6-5-14-25-11-4-3-10(7-12(11)26-14)8-28-9-13(17(19,20)21)27-15(28)29;1-2-3(4(5)8)7-9-6-2;1-3-2/h3-4,7,13H,5-6,8-9H2,1-2H3,(H,25,26)(H,27,29);1H3,(H2,5,8);1-2H3. The maximum absolute atomic E-state index is 12.8. The molecule has 3 heterocycles. The van der Waals surface area contributed by atoms with Gasteiger partial charge in [-0.3, -0.25) is 4.79 Å². The molecule has 42 heavy (non-hydrogen) atoms. The molecular formula is C24H31F6N7O5. The average molecular weight is 612 g/mol. The summed E-state index contributed by atoms with van der Waals surface area (Å²) in [5, 5.41) is 8.50. The minimum absolute atomic E-state index is 0.0222. The number of rotatable bonds is 7. The number of aromatic nitrogens is 4. The second-order valence-electron chi connectivity index (χ2n) is 9.54. The van der Waals surface area contributed by atoms with Gasteiger partial charge in [0.15, 0.2) is 11.3 Å². The van der Waals surface area contributed by atoms with Crippen molar-refractivity contribution >= 4 is 23.0 Å². The number of ether oxygens (including phenoxy) is 2. The van der Waals surface area contributed by atoms with Crippen molar-refractivity contribution in [3.63, 3.8) is 0 Å².